The number of fused-ring (bicyclic) bond motifs is 1. The first-order valence-corrected chi connectivity index (χ1v) is 6.71. The van der Waals surface area contributed by atoms with E-state index in [2.05, 4.69) is 9.97 Å². The van der Waals surface area contributed by atoms with Crippen molar-refractivity contribution >= 4 is 34.0 Å². The van der Waals surface area contributed by atoms with Gasteiger partial charge in [0.2, 0.25) is 0 Å². The highest BCUT2D eigenvalue weighted by molar-refractivity contribution is 6.33. The van der Waals surface area contributed by atoms with Gasteiger partial charge in [-0.2, -0.15) is 0 Å². The van der Waals surface area contributed by atoms with E-state index in [1.807, 2.05) is 36.4 Å². The molecule has 100 valence electrons. The summed E-state index contributed by atoms with van der Waals surface area (Å²) in [6, 6.07) is 13.2. The Kier molecular flexibility index (Phi) is 3.47. The van der Waals surface area contributed by atoms with Crippen LogP contribution in [0.25, 0.3) is 22.2 Å². The van der Waals surface area contributed by atoms with E-state index in [1.165, 1.54) is 6.07 Å². The van der Waals surface area contributed by atoms with Crippen molar-refractivity contribution in [1.82, 2.24) is 9.97 Å². The van der Waals surface area contributed by atoms with Gasteiger partial charge < -0.3 is 4.74 Å². The molecular formula is C15H10Cl2N2O. The molecule has 0 spiro atoms. The van der Waals surface area contributed by atoms with Crippen molar-refractivity contribution in [3.05, 3.63) is 52.8 Å². The predicted octanol–water partition coefficient (Wildman–Crippen LogP) is 4.61. The van der Waals surface area contributed by atoms with E-state index in [9.17, 15) is 0 Å². The Hall–Kier alpha value is -1.84. The molecule has 3 nitrogen and oxygen atoms in total. The molecule has 0 aliphatic heterocycles. The molecule has 0 radical (unpaired) electrons. The van der Waals surface area contributed by atoms with Crippen LogP contribution in [0.2, 0.25) is 10.3 Å². The lowest BCUT2D eigenvalue weighted by Gasteiger charge is -2.10. The SMILES string of the molecule is COc1ccc(-c2nc(Cl)cc(Cl)n2)c2ccccc12. The van der Waals surface area contributed by atoms with Gasteiger partial charge in [-0.3, -0.25) is 0 Å². The third-order valence-corrected chi connectivity index (χ3v) is 3.40. The third-order valence-electron chi connectivity index (χ3n) is 3.01. The van der Waals surface area contributed by atoms with Crippen LogP contribution in [-0.2, 0) is 0 Å². The number of rotatable bonds is 2. The van der Waals surface area contributed by atoms with Gasteiger partial charge in [0.25, 0.3) is 0 Å². The Morgan fingerprint density at radius 2 is 1.55 bits per heavy atom. The van der Waals surface area contributed by atoms with Gasteiger partial charge in [-0.1, -0.05) is 47.5 Å². The van der Waals surface area contributed by atoms with Crippen molar-refractivity contribution in [2.75, 3.05) is 7.11 Å². The summed E-state index contributed by atoms with van der Waals surface area (Å²) < 4.78 is 5.37. The molecule has 0 fully saturated rings. The summed E-state index contributed by atoms with van der Waals surface area (Å²) in [5.41, 5.74) is 0.866. The van der Waals surface area contributed by atoms with Crippen LogP contribution in [0.1, 0.15) is 0 Å². The largest absolute Gasteiger partial charge is 0.496 e. The van der Waals surface area contributed by atoms with Crippen LogP contribution in [-0.4, -0.2) is 17.1 Å². The first-order chi connectivity index (χ1) is 9.69. The Labute approximate surface area is 126 Å². The molecule has 0 atom stereocenters. The van der Waals surface area contributed by atoms with Gasteiger partial charge in [-0.05, 0) is 17.5 Å². The van der Waals surface area contributed by atoms with Gasteiger partial charge in [-0.15, -0.1) is 0 Å². The zero-order valence-corrected chi connectivity index (χ0v) is 12.1. The summed E-state index contributed by atoms with van der Waals surface area (Å²) in [5, 5.41) is 2.62. The highest BCUT2D eigenvalue weighted by Gasteiger charge is 2.11. The summed E-state index contributed by atoms with van der Waals surface area (Å²) in [7, 11) is 1.65. The summed E-state index contributed by atoms with van der Waals surface area (Å²) in [5.74, 6) is 1.30. The van der Waals surface area contributed by atoms with Crippen LogP contribution >= 0.6 is 23.2 Å². The highest BCUT2D eigenvalue weighted by Crippen LogP contribution is 2.33. The Balaban J connectivity index is 2.31. The number of nitrogens with zero attached hydrogens (tertiary/aromatic N) is 2. The van der Waals surface area contributed by atoms with Gasteiger partial charge in [0, 0.05) is 17.0 Å². The Morgan fingerprint density at radius 1 is 0.900 bits per heavy atom. The smallest absolute Gasteiger partial charge is 0.163 e. The zero-order chi connectivity index (χ0) is 14.1. The molecule has 1 aromatic heterocycles. The molecule has 0 bridgehead atoms. The first-order valence-electron chi connectivity index (χ1n) is 5.95. The highest BCUT2D eigenvalue weighted by atomic mass is 35.5. The summed E-state index contributed by atoms with van der Waals surface area (Å²) >= 11 is 11.9. The van der Waals surface area contributed by atoms with Crippen molar-refractivity contribution in [3.63, 3.8) is 0 Å². The number of hydrogen-bond acceptors (Lipinski definition) is 3. The summed E-state index contributed by atoms with van der Waals surface area (Å²) in [6.07, 6.45) is 0. The van der Waals surface area contributed by atoms with E-state index in [1.54, 1.807) is 7.11 Å². The predicted molar refractivity (Wildman–Crippen MR) is 81.5 cm³/mol. The van der Waals surface area contributed by atoms with Crippen molar-refractivity contribution in [1.29, 1.82) is 0 Å². The van der Waals surface area contributed by atoms with Gasteiger partial charge in [0.05, 0.1) is 7.11 Å². The molecule has 0 aliphatic carbocycles. The monoisotopic (exact) mass is 304 g/mol. The molecule has 3 rings (SSSR count). The molecule has 1 heterocycles. The normalized spacial score (nSPS) is 10.8. The molecule has 0 saturated heterocycles. The fourth-order valence-electron chi connectivity index (χ4n) is 2.16. The van der Waals surface area contributed by atoms with Crippen LogP contribution in [0.15, 0.2) is 42.5 Å². The average Bonchev–Trinajstić information content (AvgIpc) is 2.45. The lowest BCUT2D eigenvalue weighted by Crippen LogP contribution is -1.93. The van der Waals surface area contributed by atoms with Crippen molar-refractivity contribution in [2.24, 2.45) is 0 Å². The minimum absolute atomic E-state index is 0.319. The number of aromatic nitrogens is 2. The third kappa shape index (κ3) is 2.30. The summed E-state index contributed by atoms with van der Waals surface area (Å²) in [4.78, 5) is 8.48. The van der Waals surface area contributed by atoms with Gasteiger partial charge >= 0.3 is 0 Å². The summed E-state index contributed by atoms with van der Waals surface area (Å²) in [6.45, 7) is 0. The molecule has 0 N–H and O–H groups in total. The van der Waals surface area contributed by atoms with Crippen LogP contribution in [0.4, 0.5) is 0 Å². The topological polar surface area (TPSA) is 35.0 Å². The first kappa shape index (κ1) is 13.2. The van der Waals surface area contributed by atoms with E-state index in [0.717, 1.165) is 22.1 Å². The molecular weight excluding hydrogens is 295 g/mol. The molecule has 0 unspecified atom stereocenters. The van der Waals surface area contributed by atoms with Crippen LogP contribution in [0.5, 0.6) is 5.75 Å². The molecule has 3 aromatic rings. The van der Waals surface area contributed by atoms with Crippen LogP contribution in [0, 0.1) is 0 Å². The van der Waals surface area contributed by atoms with Crippen molar-refractivity contribution in [2.45, 2.75) is 0 Å². The number of halogens is 2. The lowest BCUT2D eigenvalue weighted by molar-refractivity contribution is 0.420. The number of benzene rings is 2. The van der Waals surface area contributed by atoms with E-state index < -0.39 is 0 Å². The van der Waals surface area contributed by atoms with Gasteiger partial charge in [0.15, 0.2) is 5.82 Å². The fraction of sp³-hybridized carbons (Fsp3) is 0.0667. The zero-order valence-electron chi connectivity index (χ0n) is 10.6. The number of hydrogen-bond donors (Lipinski definition) is 0. The minimum Gasteiger partial charge on any atom is -0.496 e. The Morgan fingerprint density at radius 3 is 2.20 bits per heavy atom. The molecule has 0 amide bonds. The van der Waals surface area contributed by atoms with Crippen molar-refractivity contribution in [3.8, 4) is 17.1 Å². The molecule has 20 heavy (non-hydrogen) atoms. The molecule has 0 aliphatic rings. The standard InChI is InChI=1S/C15H10Cl2N2O/c1-20-12-7-6-11(9-4-2-3-5-10(9)12)15-18-13(16)8-14(17)19-15/h2-8H,1H3. The Bertz CT molecular complexity index is 770. The second-order valence-electron chi connectivity index (χ2n) is 4.20. The van der Waals surface area contributed by atoms with Crippen LogP contribution in [0.3, 0.4) is 0 Å². The van der Waals surface area contributed by atoms with E-state index in [-0.39, 0.29) is 0 Å². The second-order valence-corrected chi connectivity index (χ2v) is 4.97. The fourth-order valence-corrected chi connectivity index (χ4v) is 2.58. The maximum absolute atomic E-state index is 5.95. The quantitative estimate of drug-likeness (QED) is 0.648. The second kappa shape index (κ2) is 5.27. The van der Waals surface area contributed by atoms with Crippen molar-refractivity contribution < 1.29 is 4.74 Å². The maximum atomic E-state index is 5.95. The van der Waals surface area contributed by atoms with E-state index in [0.29, 0.717) is 16.1 Å². The van der Waals surface area contributed by atoms with Gasteiger partial charge in [-0.25, -0.2) is 9.97 Å². The van der Waals surface area contributed by atoms with Crippen LogP contribution < -0.4 is 4.74 Å². The maximum Gasteiger partial charge on any atom is 0.163 e. The molecule has 2 aromatic carbocycles. The minimum atomic E-state index is 0.319. The molecule has 0 saturated carbocycles. The average molecular weight is 305 g/mol. The van der Waals surface area contributed by atoms with E-state index in [4.69, 9.17) is 27.9 Å². The number of ether oxygens (including phenoxy) is 1. The van der Waals surface area contributed by atoms with E-state index >= 15 is 0 Å². The lowest BCUT2D eigenvalue weighted by atomic mass is 10.0. The van der Waals surface area contributed by atoms with Gasteiger partial charge in [0.1, 0.15) is 16.1 Å². The molecule has 5 heteroatoms. The number of methoxy groups -OCH3 is 1.